The number of nitrogens with one attached hydrogen (secondary N) is 1. The molecule has 0 spiro atoms. The first kappa shape index (κ1) is 13.8. The van der Waals surface area contributed by atoms with Crippen LogP contribution < -0.4 is 5.32 Å². The minimum atomic E-state index is -0.232. The lowest BCUT2D eigenvalue weighted by Crippen LogP contribution is -2.06. The molecule has 0 unspecified atom stereocenters. The van der Waals surface area contributed by atoms with E-state index in [0.29, 0.717) is 12.1 Å². The monoisotopic (exact) mass is 346 g/mol. The van der Waals surface area contributed by atoms with Crippen molar-refractivity contribution >= 4 is 21.6 Å². The van der Waals surface area contributed by atoms with E-state index in [9.17, 15) is 4.39 Å². The van der Waals surface area contributed by atoms with Crippen LogP contribution in [0, 0.1) is 5.82 Å². The zero-order chi connectivity index (χ0) is 14.7. The summed E-state index contributed by atoms with van der Waals surface area (Å²) in [6.07, 6.45) is 3.10. The number of benzene rings is 2. The summed E-state index contributed by atoms with van der Waals surface area (Å²) in [5.41, 5.74) is 2.32. The number of halogens is 2. The fourth-order valence-electron chi connectivity index (χ4n) is 2.02. The maximum Gasteiger partial charge on any atom is 0.138 e. The Morgan fingerprint density at radius 2 is 2.05 bits per heavy atom. The van der Waals surface area contributed by atoms with Crippen molar-refractivity contribution in [2.75, 3.05) is 5.32 Å². The highest BCUT2D eigenvalue weighted by molar-refractivity contribution is 9.10. The molecular formula is C15H12BrFN4. The molecule has 0 radical (unpaired) electrons. The van der Waals surface area contributed by atoms with Crippen LogP contribution in [-0.4, -0.2) is 14.8 Å². The minimum Gasteiger partial charge on any atom is -0.379 e. The molecule has 3 rings (SSSR count). The van der Waals surface area contributed by atoms with E-state index in [1.165, 1.54) is 12.4 Å². The third-order valence-corrected chi connectivity index (χ3v) is 3.54. The van der Waals surface area contributed by atoms with Gasteiger partial charge >= 0.3 is 0 Å². The summed E-state index contributed by atoms with van der Waals surface area (Å²) in [6.45, 7) is 0.386. The van der Waals surface area contributed by atoms with Crippen molar-refractivity contribution in [3.05, 3.63) is 71.0 Å². The Labute approximate surface area is 129 Å². The van der Waals surface area contributed by atoms with Crippen molar-refractivity contribution in [3.63, 3.8) is 0 Å². The molecule has 0 amide bonds. The Morgan fingerprint density at radius 1 is 1.19 bits per heavy atom. The molecule has 4 nitrogen and oxygen atoms in total. The fourth-order valence-corrected chi connectivity index (χ4v) is 2.43. The van der Waals surface area contributed by atoms with E-state index in [2.05, 4.69) is 31.3 Å². The zero-order valence-electron chi connectivity index (χ0n) is 11.0. The highest BCUT2D eigenvalue weighted by Crippen LogP contribution is 2.21. The van der Waals surface area contributed by atoms with Crippen molar-refractivity contribution in [2.45, 2.75) is 6.54 Å². The summed E-state index contributed by atoms with van der Waals surface area (Å²) in [6, 6.07) is 12.6. The van der Waals surface area contributed by atoms with Gasteiger partial charge in [0.1, 0.15) is 18.5 Å². The zero-order valence-corrected chi connectivity index (χ0v) is 12.6. The largest absolute Gasteiger partial charge is 0.379 e. The van der Waals surface area contributed by atoms with Gasteiger partial charge in [-0.3, -0.25) is 0 Å². The first-order valence-corrected chi connectivity index (χ1v) is 7.15. The number of hydrogen-bond acceptors (Lipinski definition) is 3. The molecule has 1 aromatic heterocycles. The normalized spacial score (nSPS) is 10.6. The molecule has 0 atom stereocenters. The Balaban J connectivity index is 1.84. The van der Waals surface area contributed by atoms with Gasteiger partial charge in [0.2, 0.25) is 0 Å². The number of nitrogens with zero attached hydrogens (tertiary/aromatic N) is 3. The Hall–Kier alpha value is -2.21. The summed E-state index contributed by atoms with van der Waals surface area (Å²) in [5.74, 6) is -0.232. The lowest BCUT2D eigenvalue weighted by atomic mass is 10.2. The second-order valence-electron chi connectivity index (χ2n) is 4.45. The molecular weight excluding hydrogens is 335 g/mol. The second kappa shape index (κ2) is 6.05. The number of hydrogen-bond donors (Lipinski definition) is 1. The molecule has 0 saturated carbocycles. The van der Waals surface area contributed by atoms with Gasteiger partial charge in [0.25, 0.3) is 0 Å². The smallest absolute Gasteiger partial charge is 0.138 e. The maximum atomic E-state index is 13.8. The van der Waals surface area contributed by atoms with Gasteiger partial charge in [0, 0.05) is 16.6 Å². The Morgan fingerprint density at radius 3 is 2.86 bits per heavy atom. The van der Waals surface area contributed by atoms with E-state index < -0.39 is 0 Å². The van der Waals surface area contributed by atoms with Crippen molar-refractivity contribution in [1.29, 1.82) is 0 Å². The molecule has 1 N–H and O–H groups in total. The van der Waals surface area contributed by atoms with E-state index in [1.807, 2.05) is 24.3 Å². The van der Waals surface area contributed by atoms with E-state index in [1.54, 1.807) is 23.1 Å². The number of anilines is 1. The molecule has 0 aliphatic rings. The van der Waals surface area contributed by atoms with Crippen LogP contribution in [0.2, 0.25) is 0 Å². The molecule has 0 saturated heterocycles. The fraction of sp³-hybridized carbons (Fsp3) is 0.0667. The summed E-state index contributed by atoms with van der Waals surface area (Å²) in [5, 5.41) is 7.35. The first-order chi connectivity index (χ1) is 10.2. The number of aromatic nitrogens is 3. The van der Waals surface area contributed by atoms with Crippen molar-refractivity contribution in [2.24, 2.45) is 0 Å². The Bertz CT molecular complexity index is 743. The molecule has 0 aliphatic carbocycles. The summed E-state index contributed by atoms with van der Waals surface area (Å²) in [4.78, 5) is 3.94. The van der Waals surface area contributed by atoms with Crippen molar-refractivity contribution in [1.82, 2.24) is 14.8 Å². The van der Waals surface area contributed by atoms with Gasteiger partial charge in [0.15, 0.2) is 0 Å². The predicted octanol–water partition coefficient (Wildman–Crippen LogP) is 3.78. The quantitative estimate of drug-likeness (QED) is 0.781. The minimum absolute atomic E-state index is 0.232. The van der Waals surface area contributed by atoms with E-state index in [-0.39, 0.29) is 5.82 Å². The van der Waals surface area contributed by atoms with Crippen LogP contribution in [0.15, 0.2) is 59.6 Å². The van der Waals surface area contributed by atoms with Gasteiger partial charge in [-0.25, -0.2) is 14.1 Å². The van der Waals surface area contributed by atoms with Gasteiger partial charge in [-0.05, 0) is 30.3 Å². The van der Waals surface area contributed by atoms with Crippen molar-refractivity contribution in [3.8, 4) is 5.69 Å². The topological polar surface area (TPSA) is 42.7 Å². The van der Waals surface area contributed by atoms with Crippen LogP contribution in [0.25, 0.3) is 5.69 Å². The van der Waals surface area contributed by atoms with Gasteiger partial charge in [-0.2, -0.15) is 5.10 Å². The third-order valence-electron chi connectivity index (χ3n) is 3.05. The maximum absolute atomic E-state index is 13.8. The van der Waals surface area contributed by atoms with E-state index in [4.69, 9.17) is 0 Å². The molecule has 3 aromatic rings. The molecule has 6 heteroatoms. The molecule has 0 fully saturated rings. The van der Waals surface area contributed by atoms with E-state index in [0.717, 1.165) is 15.8 Å². The highest BCUT2D eigenvalue weighted by Gasteiger charge is 2.07. The number of para-hydroxylation sites is 2. The molecule has 2 aromatic carbocycles. The first-order valence-electron chi connectivity index (χ1n) is 6.36. The Kier molecular flexibility index (Phi) is 3.96. The van der Waals surface area contributed by atoms with Crippen LogP contribution >= 0.6 is 15.9 Å². The SMILES string of the molecule is Fc1ccc(Br)cc1CNc1ccccc1-n1cncn1. The molecule has 21 heavy (non-hydrogen) atoms. The molecule has 106 valence electrons. The molecule has 0 aliphatic heterocycles. The third kappa shape index (κ3) is 3.11. The standard InChI is InChI=1S/C15H12BrFN4/c16-12-5-6-13(17)11(7-12)8-19-14-3-1-2-4-15(14)21-10-18-9-20-21/h1-7,9-10,19H,8H2. The number of rotatable bonds is 4. The van der Waals surface area contributed by atoms with Crippen molar-refractivity contribution < 1.29 is 4.39 Å². The summed E-state index contributed by atoms with van der Waals surface area (Å²) in [7, 11) is 0. The van der Waals surface area contributed by atoms with Gasteiger partial charge in [-0.1, -0.05) is 28.1 Å². The van der Waals surface area contributed by atoms with E-state index >= 15 is 0 Å². The van der Waals surface area contributed by atoms with Crippen LogP contribution in [0.1, 0.15) is 5.56 Å². The van der Waals surface area contributed by atoms with Crippen LogP contribution in [-0.2, 0) is 6.54 Å². The average Bonchev–Trinajstić information content (AvgIpc) is 3.03. The second-order valence-corrected chi connectivity index (χ2v) is 5.36. The van der Waals surface area contributed by atoms with Crippen LogP contribution in [0.5, 0.6) is 0 Å². The molecule has 0 bridgehead atoms. The predicted molar refractivity (Wildman–Crippen MR) is 82.8 cm³/mol. The van der Waals surface area contributed by atoms with Gasteiger partial charge < -0.3 is 5.32 Å². The lowest BCUT2D eigenvalue weighted by Gasteiger charge is -2.12. The average molecular weight is 347 g/mol. The van der Waals surface area contributed by atoms with Gasteiger partial charge in [-0.15, -0.1) is 0 Å². The lowest BCUT2D eigenvalue weighted by molar-refractivity contribution is 0.612. The highest BCUT2D eigenvalue weighted by atomic mass is 79.9. The summed E-state index contributed by atoms with van der Waals surface area (Å²) < 4.78 is 16.3. The van der Waals surface area contributed by atoms with Gasteiger partial charge in [0.05, 0.1) is 11.4 Å². The summed E-state index contributed by atoms with van der Waals surface area (Å²) >= 11 is 3.35. The van der Waals surface area contributed by atoms with Crippen LogP contribution in [0.3, 0.4) is 0 Å². The van der Waals surface area contributed by atoms with Crippen LogP contribution in [0.4, 0.5) is 10.1 Å². The molecule has 1 heterocycles.